The van der Waals surface area contributed by atoms with E-state index in [1.54, 1.807) is 24.3 Å². The zero-order valence-corrected chi connectivity index (χ0v) is 8.77. The summed E-state index contributed by atoms with van der Waals surface area (Å²) >= 11 is 0. The van der Waals surface area contributed by atoms with Crippen molar-refractivity contribution < 1.29 is 9.59 Å². The van der Waals surface area contributed by atoms with Crippen molar-refractivity contribution in [2.75, 3.05) is 24.5 Å². The average molecular weight is 219 g/mol. The van der Waals surface area contributed by atoms with E-state index in [2.05, 4.69) is 5.32 Å². The highest BCUT2D eigenvalue weighted by Gasteiger charge is 2.16. The first-order chi connectivity index (χ1) is 7.66. The third kappa shape index (κ3) is 2.13. The molecule has 1 heterocycles. The van der Waals surface area contributed by atoms with Crippen LogP contribution in [0.15, 0.2) is 24.3 Å². The number of carbonyl (C=O) groups is 2. The van der Waals surface area contributed by atoms with Gasteiger partial charge < -0.3 is 16.0 Å². The lowest BCUT2D eigenvalue weighted by Gasteiger charge is -2.28. The molecular formula is C11H13N3O2. The lowest BCUT2D eigenvalue weighted by atomic mass is 10.2. The Morgan fingerprint density at radius 3 is 2.56 bits per heavy atom. The average Bonchev–Trinajstić information content (AvgIpc) is 2.29. The van der Waals surface area contributed by atoms with Crippen molar-refractivity contribution in [1.82, 2.24) is 5.32 Å². The van der Waals surface area contributed by atoms with E-state index < -0.39 is 5.91 Å². The molecule has 3 N–H and O–H groups in total. The second-order valence-electron chi connectivity index (χ2n) is 3.68. The normalized spacial score (nSPS) is 15.8. The number of rotatable bonds is 2. The van der Waals surface area contributed by atoms with E-state index in [0.29, 0.717) is 18.7 Å². The van der Waals surface area contributed by atoms with Gasteiger partial charge in [0.1, 0.15) is 0 Å². The second kappa shape index (κ2) is 4.22. The van der Waals surface area contributed by atoms with E-state index in [1.807, 2.05) is 4.90 Å². The molecule has 16 heavy (non-hydrogen) atoms. The summed E-state index contributed by atoms with van der Waals surface area (Å²) in [4.78, 5) is 24.0. The van der Waals surface area contributed by atoms with Crippen molar-refractivity contribution in [2.45, 2.75) is 0 Å². The molecule has 0 bridgehead atoms. The predicted molar refractivity (Wildman–Crippen MR) is 60.2 cm³/mol. The Bertz CT molecular complexity index is 414. The van der Waals surface area contributed by atoms with Gasteiger partial charge in [0.05, 0.1) is 6.54 Å². The number of anilines is 1. The maximum atomic E-state index is 11.2. The monoisotopic (exact) mass is 219 g/mol. The SMILES string of the molecule is NC(=O)c1ccc(N2CCNC(=O)C2)cc1. The second-order valence-corrected chi connectivity index (χ2v) is 3.68. The molecule has 0 unspecified atom stereocenters. The van der Waals surface area contributed by atoms with Gasteiger partial charge in [0.25, 0.3) is 0 Å². The van der Waals surface area contributed by atoms with Gasteiger partial charge >= 0.3 is 0 Å². The van der Waals surface area contributed by atoms with Crippen LogP contribution in [0.3, 0.4) is 0 Å². The van der Waals surface area contributed by atoms with E-state index in [4.69, 9.17) is 5.73 Å². The van der Waals surface area contributed by atoms with Crippen LogP contribution in [0, 0.1) is 0 Å². The van der Waals surface area contributed by atoms with Crippen LogP contribution in [0.4, 0.5) is 5.69 Å². The number of piperazine rings is 1. The molecular weight excluding hydrogens is 206 g/mol. The lowest BCUT2D eigenvalue weighted by molar-refractivity contribution is -0.120. The Hall–Kier alpha value is -2.04. The Morgan fingerprint density at radius 1 is 1.31 bits per heavy atom. The van der Waals surface area contributed by atoms with Crippen molar-refractivity contribution in [3.8, 4) is 0 Å². The van der Waals surface area contributed by atoms with Gasteiger partial charge in [-0.25, -0.2) is 0 Å². The number of nitrogens with one attached hydrogen (secondary N) is 1. The molecule has 1 aliphatic heterocycles. The summed E-state index contributed by atoms with van der Waals surface area (Å²) in [5.41, 5.74) is 6.56. The molecule has 5 nitrogen and oxygen atoms in total. The third-order valence-electron chi connectivity index (χ3n) is 2.56. The highest BCUT2D eigenvalue weighted by Crippen LogP contribution is 2.15. The number of nitrogens with two attached hydrogens (primary N) is 1. The van der Waals surface area contributed by atoms with Gasteiger partial charge in [-0.15, -0.1) is 0 Å². The standard InChI is InChI=1S/C11H13N3O2/c12-11(16)8-1-3-9(4-2-8)14-6-5-13-10(15)7-14/h1-4H,5-7H2,(H2,12,16)(H,13,15). The van der Waals surface area contributed by atoms with E-state index in [-0.39, 0.29) is 5.91 Å². The maximum absolute atomic E-state index is 11.2. The Kier molecular flexibility index (Phi) is 2.76. The fourth-order valence-electron chi connectivity index (χ4n) is 1.70. The minimum atomic E-state index is -0.442. The van der Waals surface area contributed by atoms with Crippen molar-refractivity contribution in [2.24, 2.45) is 5.73 Å². The molecule has 0 spiro atoms. The highest BCUT2D eigenvalue weighted by atomic mass is 16.2. The quantitative estimate of drug-likeness (QED) is 0.718. The third-order valence-corrected chi connectivity index (χ3v) is 2.56. The molecule has 1 fully saturated rings. The summed E-state index contributed by atoms with van der Waals surface area (Å²) in [6.45, 7) is 1.79. The molecule has 1 aromatic carbocycles. The molecule has 0 radical (unpaired) electrons. The Labute approximate surface area is 93.2 Å². The smallest absolute Gasteiger partial charge is 0.248 e. The number of hydrogen-bond acceptors (Lipinski definition) is 3. The number of nitrogens with zero attached hydrogens (tertiary/aromatic N) is 1. The number of carbonyl (C=O) groups excluding carboxylic acids is 2. The van der Waals surface area contributed by atoms with Crippen LogP contribution in [-0.2, 0) is 4.79 Å². The van der Waals surface area contributed by atoms with Crippen LogP contribution < -0.4 is 16.0 Å². The van der Waals surface area contributed by atoms with Crippen molar-refractivity contribution in [3.63, 3.8) is 0 Å². The number of primary amides is 1. The van der Waals surface area contributed by atoms with Gasteiger partial charge in [0, 0.05) is 24.3 Å². The summed E-state index contributed by atoms with van der Waals surface area (Å²) in [6.07, 6.45) is 0. The van der Waals surface area contributed by atoms with E-state index in [0.717, 1.165) is 12.2 Å². The summed E-state index contributed by atoms with van der Waals surface area (Å²) in [5, 5.41) is 2.76. The number of hydrogen-bond donors (Lipinski definition) is 2. The molecule has 1 aliphatic rings. The molecule has 0 saturated carbocycles. The topological polar surface area (TPSA) is 75.4 Å². The first kappa shape index (κ1) is 10.5. The minimum absolute atomic E-state index is 0.0187. The molecule has 0 aromatic heterocycles. The van der Waals surface area contributed by atoms with Crippen LogP contribution in [0.5, 0.6) is 0 Å². The van der Waals surface area contributed by atoms with Gasteiger partial charge in [-0.2, -0.15) is 0 Å². The lowest BCUT2D eigenvalue weighted by Crippen LogP contribution is -2.47. The fourth-order valence-corrected chi connectivity index (χ4v) is 1.70. The Morgan fingerprint density at radius 2 is 2.00 bits per heavy atom. The minimum Gasteiger partial charge on any atom is -0.366 e. The van der Waals surface area contributed by atoms with Crippen LogP contribution in [-0.4, -0.2) is 31.4 Å². The molecule has 5 heteroatoms. The van der Waals surface area contributed by atoms with Gasteiger partial charge in [-0.1, -0.05) is 0 Å². The maximum Gasteiger partial charge on any atom is 0.248 e. The van der Waals surface area contributed by atoms with Crippen LogP contribution in [0.2, 0.25) is 0 Å². The van der Waals surface area contributed by atoms with E-state index in [9.17, 15) is 9.59 Å². The van der Waals surface area contributed by atoms with Crippen LogP contribution in [0.1, 0.15) is 10.4 Å². The number of benzene rings is 1. The van der Waals surface area contributed by atoms with E-state index >= 15 is 0 Å². The highest BCUT2D eigenvalue weighted by molar-refractivity contribution is 5.93. The summed E-state index contributed by atoms with van der Waals surface area (Å²) < 4.78 is 0. The predicted octanol–water partition coefficient (Wildman–Crippen LogP) is -0.278. The zero-order chi connectivity index (χ0) is 11.5. The van der Waals surface area contributed by atoms with Crippen LogP contribution >= 0.6 is 0 Å². The zero-order valence-electron chi connectivity index (χ0n) is 8.77. The fraction of sp³-hybridized carbons (Fsp3) is 0.273. The van der Waals surface area contributed by atoms with Crippen LogP contribution in [0.25, 0.3) is 0 Å². The van der Waals surface area contributed by atoms with E-state index in [1.165, 1.54) is 0 Å². The molecule has 1 aromatic rings. The first-order valence-electron chi connectivity index (χ1n) is 5.08. The Balaban J connectivity index is 2.14. The molecule has 1 saturated heterocycles. The molecule has 2 rings (SSSR count). The first-order valence-corrected chi connectivity index (χ1v) is 5.08. The summed E-state index contributed by atoms with van der Waals surface area (Å²) in [6, 6.07) is 6.95. The van der Waals surface area contributed by atoms with Crippen molar-refractivity contribution in [3.05, 3.63) is 29.8 Å². The largest absolute Gasteiger partial charge is 0.366 e. The summed E-state index contributed by atoms with van der Waals surface area (Å²) in [5.74, 6) is -0.423. The molecule has 0 atom stereocenters. The number of amides is 2. The summed E-state index contributed by atoms with van der Waals surface area (Å²) in [7, 11) is 0. The van der Waals surface area contributed by atoms with Gasteiger partial charge in [0.2, 0.25) is 11.8 Å². The van der Waals surface area contributed by atoms with Crippen molar-refractivity contribution in [1.29, 1.82) is 0 Å². The molecule has 84 valence electrons. The van der Waals surface area contributed by atoms with Gasteiger partial charge in [-0.05, 0) is 24.3 Å². The van der Waals surface area contributed by atoms with Gasteiger partial charge in [0.15, 0.2) is 0 Å². The van der Waals surface area contributed by atoms with Gasteiger partial charge in [-0.3, -0.25) is 9.59 Å². The molecule has 2 amide bonds. The molecule has 0 aliphatic carbocycles. The van der Waals surface area contributed by atoms with Crippen molar-refractivity contribution >= 4 is 17.5 Å².